The predicted molar refractivity (Wildman–Crippen MR) is 173 cm³/mol. The predicted octanol–water partition coefficient (Wildman–Crippen LogP) is 7.61. The summed E-state index contributed by atoms with van der Waals surface area (Å²) in [6, 6.07) is 31.3. The first-order chi connectivity index (χ1) is 21.3. The minimum Gasteiger partial charge on any atom is -0.463 e. The topological polar surface area (TPSA) is 116 Å². The van der Waals surface area contributed by atoms with Crippen molar-refractivity contribution >= 4 is 46.5 Å². The number of allylic oxidation sites excluding steroid dienone is 1. The molecule has 10 heteroatoms. The number of thioether (sulfide) groups is 1. The van der Waals surface area contributed by atoms with Gasteiger partial charge in [-0.15, -0.1) is 11.8 Å². The summed E-state index contributed by atoms with van der Waals surface area (Å²) in [5.41, 5.74) is 9.60. The van der Waals surface area contributed by atoms with Crippen LogP contribution in [0.5, 0.6) is 0 Å². The van der Waals surface area contributed by atoms with Gasteiger partial charge in [0.05, 0.1) is 28.1 Å². The Balaban J connectivity index is 1.81. The lowest BCUT2D eigenvalue weighted by Crippen LogP contribution is -2.39. The van der Waals surface area contributed by atoms with E-state index in [1.807, 2.05) is 60.7 Å². The first kappa shape index (κ1) is 30.6. The van der Waals surface area contributed by atoms with Crippen LogP contribution in [0.4, 0.5) is 11.4 Å². The number of nitro groups is 1. The minimum absolute atomic E-state index is 0.0610. The van der Waals surface area contributed by atoms with Crippen LogP contribution in [0.25, 0.3) is 0 Å². The molecule has 1 aliphatic rings. The standard InChI is InChI=1S/C34H28ClN3O5S/c1-2-43-34(40)30-28(23-15-19-27(20-16-23)38(41)42)29(31(39)24-13-17-25(35)18-14-24)33(44-21-22-9-5-3-6-10-22)37(32(30)36)26-11-7-4-8-12-26/h3-20,28H,2,21,36H2,1H3. The largest absolute Gasteiger partial charge is 0.463 e. The van der Waals surface area contributed by atoms with Gasteiger partial charge in [-0.2, -0.15) is 0 Å². The van der Waals surface area contributed by atoms with Crippen molar-refractivity contribution in [3.05, 3.63) is 163 Å². The molecule has 1 atom stereocenters. The van der Waals surface area contributed by atoms with E-state index < -0.39 is 16.8 Å². The summed E-state index contributed by atoms with van der Waals surface area (Å²) in [7, 11) is 0. The lowest BCUT2D eigenvalue weighted by molar-refractivity contribution is -0.384. The van der Waals surface area contributed by atoms with Crippen LogP contribution in [-0.2, 0) is 15.3 Å². The smallest absolute Gasteiger partial charge is 0.338 e. The highest BCUT2D eigenvalue weighted by Crippen LogP contribution is 2.48. The van der Waals surface area contributed by atoms with Crippen molar-refractivity contribution in [3.63, 3.8) is 0 Å². The molecule has 5 rings (SSSR count). The van der Waals surface area contributed by atoms with E-state index in [-0.39, 0.29) is 35.0 Å². The number of hydrogen-bond acceptors (Lipinski definition) is 8. The molecule has 0 bridgehead atoms. The van der Waals surface area contributed by atoms with Gasteiger partial charge in [0.15, 0.2) is 5.78 Å². The molecule has 0 spiro atoms. The Kier molecular flexibility index (Phi) is 9.47. The number of Topliss-reactive ketones (excluding diaryl/α,β-unsaturated/α-hetero) is 1. The number of ether oxygens (including phenoxy) is 1. The van der Waals surface area contributed by atoms with Gasteiger partial charge in [0.25, 0.3) is 5.69 Å². The molecule has 8 nitrogen and oxygen atoms in total. The summed E-state index contributed by atoms with van der Waals surface area (Å²) in [6.45, 7) is 1.76. The van der Waals surface area contributed by atoms with Crippen LogP contribution in [0.2, 0.25) is 5.02 Å². The molecule has 0 saturated heterocycles. The molecule has 0 amide bonds. The number of non-ortho nitro benzene ring substituents is 1. The number of nitrogens with zero attached hydrogens (tertiary/aromatic N) is 2. The first-order valence-corrected chi connectivity index (χ1v) is 15.1. The number of nitro benzene ring substituents is 1. The van der Waals surface area contributed by atoms with Crippen molar-refractivity contribution in [1.82, 2.24) is 0 Å². The zero-order valence-corrected chi connectivity index (χ0v) is 25.3. The Morgan fingerprint density at radius 2 is 1.52 bits per heavy atom. The summed E-state index contributed by atoms with van der Waals surface area (Å²) in [6.07, 6.45) is 0. The van der Waals surface area contributed by atoms with Gasteiger partial charge in [0.2, 0.25) is 0 Å². The van der Waals surface area contributed by atoms with E-state index in [2.05, 4.69) is 0 Å². The second-order valence-electron chi connectivity index (χ2n) is 9.80. The average molecular weight is 626 g/mol. The van der Waals surface area contributed by atoms with E-state index in [0.29, 0.717) is 32.6 Å². The Morgan fingerprint density at radius 3 is 2.11 bits per heavy atom. The molecule has 44 heavy (non-hydrogen) atoms. The van der Waals surface area contributed by atoms with Crippen LogP contribution in [0.15, 0.2) is 131 Å². The van der Waals surface area contributed by atoms with Crippen molar-refractivity contribution in [2.45, 2.75) is 18.6 Å². The molecule has 1 heterocycles. The van der Waals surface area contributed by atoms with E-state index in [4.69, 9.17) is 22.1 Å². The monoisotopic (exact) mass is 625 g/mol. The fourth-order valence-electron chi connectivity index (χ4n) is 5.01. The zero-order chi connectivity index (χ0) is 31.2. The summed E-state index contributed by atoms with van der Waals surface area (Å²) in [5, 5.41) is 12.5. The number of esters is 1. The fraction of sp³-hybridized carbons (Fsp3) is 0.118. The van der Waals surface area contributed by atoms with Gasteiger partial charge in [-0.25, -0.2) is 4.79 Å². The van der Waals surface area contributed by atoms with Crippen molar-refractivity contribution in [2.24, 2.45) is 5.73 Å². The van der Waals surface area contributed by atoms with E-state index in [0.717, 1.165) is 5.56 Å². The first-order valence-electron chi connectivity index (χ1n) is 13.8. The Labute approximate surface area is 263 Å². The van der Waals surface area contributed by atoms with Gasteiger partial charge < -0.3 is 10.5 Å². The van der Waals surface area contributed by atoms with E-state index in [1.54, 1.807) is 48.2 Å². The third kappa shape index (κ3) is 6.39. The summed E-state index contributed by atoms with van der Waals surface area (Å²) < 4.78 is 5.49. The Morgan fingerprint density at radius 1 is 0.909 bits per heavy atom. The number of rotatable bonds is 10. The lowest BCUT2D eigenvalue weighted by Gasteiger charge is -2.38. The molecule has 4 aromatic rings. The molecule has 4 aromatic carbocycles. The van der Waals surface area contributed by atoms with Crippen molar-refractivity contribution < 1.29 is 19.2 Å². The molecule has 1 unspecified atom stereocenters. The minimum atomic E-state index is -0.990. The van der Waals surface area contributed by atoms with Gasteiger partial charge in [-0.3, -0.25) is 19.8 Å². The maximum Gasteiger partial charge on any atom is 0.338 e. The summed E-state index contributed by atoms with van der Waals surface area (Å²) in [4.78, 5) is 41.0. The number of hydrogen-bond donors (Lipinski definition) is 1. The van der Waals surface area contributed by atoms with E-state index in [9.17, 15) is 19.7 Å². The van der Waals surface area contributed by atoms with Crippen molar-refractivity contribution in [3.8, 4) is 0 Å². The lowest BCUT2D eigenvalue weighted by atomic mass is 9.79. The van der Waals surface area contributed by atoms with Crippen LogP contribution in [0.3, 0.4) is 0 Å². The highest BCUT2D eigenvalue weighted by atomic mass is 35.5. The molecular weight excluding hydrogens is 598 g/mol. The van der Waals surface area contributed by atoms with E-state index in [1.165, 1.54) is 23.9 Å². The second kappa shape index (κ2) is 13.6. The third-order valence-corrected chi connectivity index (χ3v) is 8.45. The summed E-state index contributed by atoms with van der Waals surface area (Å²) in [5.74, 6) is -1.44. The van der Waals surface area contributed by atoms with Crippen molar-refractivity contribution in [2.75, 3.05) is 11.5 Å². The van der Waals surface area contributed by atoms with Crippen LogP contribution in [-0.4, -0.2) is 23.3 Å². The van der Waals surface area contributed by atoms with E-state index >= 15 is 0 Å². The normalized spacial score (nSPS) is 14.9. The number of anilines is 1. The van der Waals surface area contributed by atoms with Crippen molar-refractivity contribution in [1.29, 1.82) is 0 Å². The Hall–Kier alpha value is -4.86. The zero-order valence-electron chi connectivity index (χ0n) is 23.7. The van der Waals surface area contributed by atoms with Crippen LogP contribution < -0.4 is 10.6 Å². The SMILES string of the molecule is CCOC(=O)C1=C(N)N(c2ccccc2)C(SCc2ccccc2)=C(C(=O)c2ccc(Cl)cc2)C1c1ccc([N+](=O)[O-])cc1. The molecule has 0 aliphatic carbocycles. The van der Waals surface area contributed by atoms with Gasteiger partial charge >= 0.3 is 5.97 Å². The maximum atomic E-state index is 14.6. The molecule has 2 N–H and O–H groups in total. The van der Waals surface area contributed by atoms with Gasteiger partial charge in [0, 0.05) is 39.7 Å². The quantitative estimate of drug-likeness (QED) is 0.0828. The molecule has 222 valence electrons. The van der Waals surface area contributed by atoms with Crippen LogP contribution in [0.1, 0.15) is 34.3 Å². The fourth-order valence-corrected chi connectivity index (χ4v) is 6.33. The van der Waals surface area contributed by atoms with Gasteiger partial charge in [-0.05, 0) is 54.4 Å². The Bertz CT molecular complexity index is 1740. The maximum absolute atomic E-state index is 14.6. The van der Waals surface area contributed by atoms with Gasteiger partial charge in [0.1, 0.15) is 5.82 Å². The molecule has 0 radical (unpaired) electrons. The number of nitrogens with two attached hydrogens (primary N) is 1. The number of halogens is 1. The average Bonchev–Trinajstić information content (AvgIpc) is 3.04. The molecule has 0 aromatic heterocycles. The third-order valence-electron chi connectivity index (χ3n) is 7.04. The molecular formula is C34H28ClN3O5S. The number of para-hydroxylation sites is 1. The summed E-state index contributed by atoms with van der Waals surface area (Å²) >= 11 is 7.57. The molecule has 0 saturated carbocycles. The van der Waals surface area contributed by atoms with Gasteiger partial charge in [-0.1, -0.05) is 72.3 Å². The number of carbonyl (C=O) groups excluding carboxylic acids is 2. The molecule has 0 fully saturated rings. The number of ketones is 1. The highest BCUT2D eigenvalue weighted by Gasteiger charge is 2.43. The van der Waals surface area contributed by atoms with Crippen LogP contribution in [0, 0.1) is 10.1 Å². The molecule has 1 aliphatic heterocycles. The number of carbonyl (C=O) groups is 2. The second-order valence-corrected chi connectivity index (χ2v) is 11.2. The van der Waals surface area contributed by atoms with Crippen LogP contribution >= 0.6 is 23.4 Å². The number of benzene rings is 4. The highest BCUT2D eigenvalue weighted by molar-refractivity contribution is 8.02.